The molecule has 0 radical (unpaired) electrons. The van der Waals surface area contributed by atoms with Gasteiger partial charge >= 0.3 is 0 Å². The fourth-order valence-electron chi connectivity index (χ4n) is 1.86. The van der Waals surface area contributed by atoms with E-state index in [0.717, 1.165) is 18.0 Å². The molecule has 3 N–H and O–H groups in total. The summed E-state index contributed by atoms with van der Waals surface area (Å²) in [5.74, 6) is 0. The lowest BCUT2D eigenvalue weighted by Gasteiger charge is -2.13. The number of nitrogen functional groups attached to an aromatic ring is 1. The van der Waals surface area contributed by atoms with E-state index in [2.05, 4.69) is 18.3 Å². The predicted octanol–water partition coefficient (Wildman–Crippen LogP) is 2.68. The van der Waals surface area contributed by atoms with E-state index < -0.39 is 0 Å². The highest BCUT2D eigenvalue weighted by Crippen LogP contribution is 2.49. The van der Waals surface area contributed by atoms with Crippen LogP contribution < -0.4 is 11.1 Å². The number of hydrogen-bond donors (Lipinski definition) is 2. The van der Waals surface area contributed by atoms with Crippen LogP contribution in [-0.4, -0.2) is 6.54 Å². The summed E-state index contributed by atoms with van der Waals surface area (Å²) in [7, 11) is 0. The third kappa shape index (κ3) is 2.07. The molecule has 0 bridgehead atoms. The van der Waals surface area contributed by atoms with Gasteiger partial charge in [0.1, 0.15) is 27.6 Å². The number of thiophene rings is 1. The Labute approximate surface area is 105 Å². The van der Waals surface area contributed by atoms with Gasteiger partial charge in [-0.1, -0.05) is 6.92 Å². The van der Waals surface area contributed by atoms with Gasteiger partial charge in [0.05, 0.1) is 5.69 Å². The first-order chi connectivity index (χ1) is 8.15. The standard InChI is InChI=1S/C12H14N4S/c1-2-12(3-4-12)7-16-11-8(5-13)10(15)9(6-14)17-11/h16H,2-4,7,15H2,1H3. The van der Waals surface area contributed by atoms with Gasteiger partial charge in [-0.25, -0.2) is 0 Å². The molecule has 0 unspecified atom stereocenters. The predicted molar refractivity (Wildman–Crippen MR) is 68.6 cm³/mol. The maximum Gasteiger partial charge on any atom is 0.131 e. The van der Waals surface area contributed by atoms with Crippen molar-refractivity contribution in [3.63, 3.8) is 0 Å². The molecule has 1 aromatic heterocycles. The molecule has 88 valence electrons. The summed E-state index contributed by atoms with van der Waals surface area (Å²) >= 11 is 1.27. The van der Waals surface area contributed by atoms with Gasteiger partial charge in [-0.3, -0.25) is 0 Å². The largest absolute Gasteiger partial charge is 0.396 e. The molecular formula is C12H14N4S. The first-order valence-corrected chi connectivity index (χ1v) is 6.44. The zero-order chi connectivity index (χ0) is 12.5. The zero-order valence-corrected chi connectivity index (χ0v) is 10.5. The van der Waals surface area contributed by atoms with E-state index in [1.165, 1.54) is 24.2 Å². The average molecular weight is 246 g/mol. The highest BCUT2D eigenvalue weighted by molar-refractivity contribution is 7.17. The van der Waals surface area contributed by atoms with E-state index in [9.17, 15) is 0 Å². The Morgan fingerprint density at radius 1 is 1.41 bits per heavy atom. The van der Waals surface area contributed by atoms with Gasteiger partial charge < -0.3 is 11.1 Å². The van der Waals surface area contributed by atoms with Crippen molar-refractivity contribution in [2.24, 2.45) is 5.41 Å². The highest BCUT2D eigenvalue weighted by atomic mass is 32.1. The van der Waals surface area contributed by atoms with E-state index in [1.54, 1.807) is 0 Å². The number of nitrogens with one attached hydrogen (secondary N) is 1. The maximum absolute atomic E-state index is 9.04. The van der Waals surface area contributed by atoms with Crippen molar-refractivity contribution < 1.29 is 0 Å². The van der Waals surface area contributed by atoms with Crippen LogP contribution >= 0.6 is 11.3 Å². The number of nitrogens with two attached hydrogens (primary N) is 1. The first kappa shape index (κ1) is 11.8. The quantitative estimate of drug-likeness (QED) is 0.855. The molecule has 0 atom stereocenters. The molecule has 2 rings (SSSR count). The summed E-state index contributed by atoms with van der Waals surface area (Å²) in [4.78, 5) is 0.422. The van der Waals surface area contributed by atoms with Crippen LogP contribution in [0.4, 0.5) is 10.7 Å². The molecule has 5 heteroatoms. The molecule has 1 saturated carbocycles. The molecule has 17 heavy (non-hydrogen) atoms. The highest BCUT2D eigenvalue weighted by Gasteiger charge is 2.40. The summed E-state index contributed by atoms with van der Waals surface area (Å²) in [6.45, 7) is 3.05. The Balaban J connectivity index is 2.17. The molecular weight excluding hydrogens is 232 g/mol. The average Bonchev–Trinajstić information content (AvgIpc) is 3.06. The molecule has 1 aromatic rings. The number of nitrogens with zero attached hydrogens (tertiary/aromatic N) is 2. The zero-order valence-electron chi connectivity index (χ0n) is 9.71. The van der Waals surface area contributed by atoms with E-state index in [0.29, 0.717) is 21.5 Å². The summed E-state index contributed by atoms with van der Waals surface area (Å²) in [6.07, 6.45) is 3.63. The Hall–Kier alpha value is -1.72. The Morgan fingerprint density at radius 3 is 2.59 bits per heavy atom. The van der Waals surface area contributed by atoms with Gasteiger partial charge in [-0.05, 0) is 24.7 Å². The smallest absolute Gasteiger partial charge is 0.131 e. The van der Waals surface area contributed by atoms with Crippen LogP contribution in [0.3, 0.4) is 0 Å². The summed E-state index contributed by atoms with van der Waals surface area (Å²) in [6, 6.07) is 4.08. The molecule has 0 amide bonds. The van der Waals surface area contributed by atoms with Crippen LogP contribution in [0.5, 0.6) is 0 Å². The van der Waals surface area contributed by atoms with Crippen molar-refractivity contribution in [1.29, 1.82) is 10.5 Å². The van der Waals surface area contributed by atoms with Crippen molar-refractivity contribution in [2.75, 3.05) is 17.6 Å². The van der Waals surface area contributed by atoms with E-state index in [4.69, 9.17) is 16.3 Å². The molecule has 1 heterocycles. The van der Waals surface area contributed by atoms with Gasteiger partial charge in [0, 0.05) is 6.54 Å². The van der Waals surface area contributed by atoms with E-state index in [-0.39, 0.29) is 0 Å². The normalized spacial score (nSPS) is 15.9. The van der Waals surface area contributed by atoms with Crippen LogP contribution in [-0.2, 0) is 0 Å². The van der Waals surface area contributed by atoms with Crippen molar-refractivity contribution in [3.05, 3.63) is 10.4 Å². The first-order valence-electron chi connectivity index (χ1n) is 5.62. The number of rotatable bonds is 4. The summed E-state index contributed by atoms with van der Waals surface area (Å²) in [5.41, 5.74) is 6.86. The molecule has 0 spiro atoms. The van der Waals surface area contributed by atoms with E-state index in [1.807, 2.05) is 6.07 Å². The van der Waals surface area contributed by atoms with Crippen LogP contribution in [0.1, 0.15) is 36.6 Å². The molecule has 0 saturated heterocycles. The Bertz CT molecular complexity index is 514. The topological polar surface area (TPSA) is 85.6 Å². The molecule has 1 aliphatic carbocycles. The number of hydrogen-bond acceptors (Lipinski definition) is 5. The van der Waals surface area contributed by atoms with Crippen LogP contribution in [0.25, 0.3) is 0 Å². The minimum atomic E-state index is 0.309. The Kier molecular flexibility index (Phi) is 2.95. The van der Waals surface area contributed by atoms with Crippen molar-refractivity contribution in [2.45, 2.75) is 26.2 Å². The van der Waals surface area contributed by atoms with Crippen molar-refractivity contribution >= 4 is 22.0 Å². The monoisotopic (exact) mass is 246 g/mol. The molecule has 1 fully saturated rings. The second-order valence-corrected chi connectivity index (χ2v) is 5.50. The van der Waals surface area contributed by atoms with Gasteiger partial charge in [0.2, 0.25) is 0 Å². The third-order valence-electron chi connectivity index (χ3n) is 3.49. The van der Waals surface area contributed by atoms with Crippen molar-refractivity contribution in [1.82, 2.24) is 0 Å². The second-order valence-electron chi connectivity index (χ2n) is 4.48. The SMILES string of the molecule is CCC1(CNc2sc(C#N)c(N)c2C#N)CC1. The summed E-state index contributed by atoms with van der Waals surface area (Å²) < 4.78 is 0. The lowest BCUT2D eigenvalue weighted by molar-refractivity contribution is 0.522. The van der Waals surface area contributed by atoms with Crippen LogP contribution in [0, 0.1) is 28.1 Å². The molecule has 4 nitrogen and oxygen atoms in total. The fraction of sp³-hybridized carbons (Fsp3) is 0.500. The van der Waals surface area contributed by atoms with Gasteiger partial charge in [0.15, 0.2) is 0 Å². The lowest BCUT2D eigenvalue weighted by atomic mass is 10.0. The van der Waals surface area contributed by atoms with Gasteiger partial charge in [0.25, 0.3) is 0 Å². The minimum Gasteiger partial charge on any atom is -0.396 e. The van der Waals surface area contributed by atoms with Gasteiger partial charge in [-0.15, -0.1) is 11.3 Å². The fourth-order valence-corrected chi connectivity index (χ4v) is 2.73. The Morgan fingerprint density at radius 2 is 2.12 bits per heavy atom. The second kappa shape index (κ2) is 4.27. The maximum atomic E-state index is 9.04. The van der Waals surface area contributed by atoms with Gasteiger partial charge in [-0.2, -0.15) is 10.5 Å². The lowest BCUT2D eigenvalue weighted by Crippen LogP contribution is -2.14. The minimum absolute atomic E-state index is 0.309. The molecule has 0 aromatic carbocycles. The number of anilines is 2. The van der Waals surface area contributed by atoms with E-state index >= 15 is 0 Å². The van der Waals surface area contributed by atoms with Crippen LogP contribution in [0.15, 0.2) is 0 Å². The molecule has 1 aliphatic rings. The third-order valence-corrected chi connectivity index (χ3v) is 4.56. The molecule has 0 aliphatic heterocycles. The summed E-state index contributed by atoms with van der Waals surface area (Å²) in [5, 5.41) is 21.9. The van der Waals surface area contributed by atoms with Crippen LogP contribution in [0.2, 0.25) is 0 Å². The van der Waals surface area contributed by atoms with Crippen molar-refractivity contribution in [3.8, 4) is 12.1 Å². The number of nitriles is 2.